The summed E-state index contributed by atoms with van der Waals surface area (Å²) in [6.07, 6.45) is 7.39. The number of piperidine rings is 1. The number of rotatable bonds is 7. The minimum atomic E-state index is -3.46. The van der Waals surface area contributed by atoms with Crippen molar-refractivity contribution >= 4 is 10.2 Å². The minimum absolute atomic E-state index is 0.0428. The van der Waals surface area contributed by atoms with Crippen molar-refractivity contribution in [3.63, 3.8) is 0 Å². The molecule has 1 saturated heterocycles. The topological polar surface area (TPSA) is 58.4 Å². The highest BCUT2D eigenvalue weighted by molar-refractivity contribution is 7.86. The molecule has 7 heteroatoms. The molecule has 25 heavy (non-hydrogen) atoms. The predicted octanol–water partition coefficient (Wildman–Crippen LogP) is 2.50. The summed E-state index contributed by atoms with van der Waals surface area (Å²) in [5.74, 6) is 0. The molecule has 1 fully saturated rings. The molecule has 0 bridgehead atoms. The molecule has 3 rings (SSSR count). The first-order chi connectivity index (χ1) is 12.1. The molecule has 6 nitrogen and oxygen atoms in total. The van der Waals surface area contributed by atoms with E-state index in [0.29, 0.717) is 13.1 Å². The van der Waals surface area contributed by atoms with Crippen molar-refractivity contribution in [1.82, 2.24) is 18.4 Å². The molecule has 0 saturated carbocycles. The van der Waals surface area contributed by atoms with Crippen LogP contribution in [0, 0.1) is 0 Å². The summed E-state index contributed by atoms with van der Waals surface area (Å²) < 4.78 is 31.2. The molecule has 0 radical (unpaired) electrons. The van der Waals surface area contributed by atoms with Crippen LogP contribution in [0.5, 0.6) is 0 Å². The standard InChI is InChI=1S/C18H26N4O2S/c1-20(16-17-8-3-2-4-9-17)25(23,24)22-14-6-5-10-18(22)11-15-21-13-7-12-19-21/h2-4,7-9,12-13,18H,5-6,10-11,14-16H2,1H3. The van der Waals surface area contributed by atoms with E-state index in [1.807, 2.05) is 47.3 Å². The second-order valence-electron chi connectivity index (χ2n) is 6.57. The van der Waals surface area contributed by atoms with Crippen LogP contribution in [0.15, 0.2) is 48.8 Å². The van der Waals surface area contributed by atoms with Crippen molar-refractivity contribution in [2.45, 2.75) is 44.8 Å². The number of aryl methyl sites for hydroxylation is 1. The van der Waals surface area contributed by atoms with Gasteiger partial charge in [0.2, 0.25) is 0 Å². The van der Waals surface area contributed by atoms with Crippen molar-refractivity contribution < 1.29 is 8.42 Å². The maximum Gasteiger partial charge on any atom is 0.282 e. The van der Waals surface area contributed by atoms with Gasteiger partial charge in [-0.1, -0.05) is 36.8 Å². The van der Waals surface area contributed by atoms with Crippen LogP contribution in [-0.2, 0) is 23.3 Å². The predicted molar refractivity (Wildman–Crippen MR) is 98.0 cm³/mol. The lowest BCUT2D eigenvalue weighted by Gasteiger charge is -2.37. The molecule has 0 aliphatic carbocycles. The number of aromatic nitrogens is 2. The van der Waals surface area contributed by atoms with Gasteiger partial charge in [-0.25, -0.2) is 0 Å². The highest BCUT2D eigenvalue weighted by atomic mass is 32.2. The molecule has 0 amide bonds. The smallest absolute Gasteiger partial charge is 0.273 e. The third-order valence-electron chi connectivity index (χ3n) is 4.76. The highest BCUT2D eigenvalue weighted by Gasteiger charge is 2.34. The van der Waals surface area contributed by atoms with Crippen LogP contribution in [0.1, 0.15) is 31.2 Å². The van der Waals surface area contributed by atoms with Crippen LogP contribution < -0.4 is 0 Å². The van der Waals surface area contributed by atoms with Gasteiger partial charge in [0.1, 0.15) is 0 Å². The molecule has 136 valence electrons. The molecule has 1 aliphatic rings. The van der Waals surface area contributed by atoms with Crippen molar-refractivity contribution in [2.75, 3.05) is 13.6 Å². The van der Waals surface area contributed by atoms with E-state index in [-0.39, 0.29) is 6.04 Å². The van der Waals surface area contributed by atoms with Gasteiger partial charge in [0, 0.05) is 45.1 Å². The molecule has 0 N–H and O–H groups in total. The lowest BCUT2D eigenvalue weighted by Crippen LogP contribution is -2.49. The van der Waals surface area contributed by atoms with E-state index in [9.17, 15) is 8.42 Å². The Bertz CT molecular complexity index is 747. The molecule has 1 aromatic heterocycles. The fourth-order valence-corrected chi connectivity index (χ4v) is 5.00. The summed E-state index contributed by atoms with van der Waals surface area (Å²) in [6.45, 7) is 1.74. The van der Waals surface area contributed by atoms with Crippen molar-refractivity contribution in [1.29, 1.82) is 0 Å². The normalized spacial score (nSPS) is 19.4. The Kier molecular flexibility index (Phi) is 5.88. The van der Waals surface area contributed by atoms with Gasteiger partial charge in [0.05, 0.1) is 0 Å². The van der Waals surface area contributed by atoms with Gasteiger partial charge in [-0.15, -0.1) is 0 Å². The second kappa shape index (κ2) is 8.12. The SMILES string of the molecule is CN(Cc1ccccc1)S(=O)(=O)N1CCCCC1CCn1cccn1. The Morgan fingerprint density at radius 2 is 2.00 bits per heavy atom. The zero-order chi connectivity index (χ0) is 17.7. The first-order valence-corrected chi connectivity index (χ1v) is 10.2. The maximum atomic E-state index is 13.1. The van der Waals surface area contributed by atoms with Crippen molar-refractivity contribution in [3.8, 4) is 0 Å². The average molecular weight is 362 g/mol. The number of hydrogen-bond acceptors (Lipinski definition) is 3. The number of hydrogen-bond donors (Lipinski definition) is 0. The summed E-state index contributed by atoms with van der Waals surface area (Å²) in [6, 6.07) is 11.7. The van der Waals surface area contributed by atoms with Crippen LogP contribution in [0.25, 0.3) is 0 Å². The van der Waals surface area contributed by atoms with Crippen molar-refractivity contribution in [2.24, 2.45) is 0 Å². The van der Waals surface area contributed by atoms with E-state index in [2.05, 4.69) is 5.10 Å². The molecular weight excluding hydrogens is 336 g/mol. The lowest BCUT2D eigenvalue weighted by atomic mass is 10.0. The Labute approximate surface area is 150 Å². The van der Waals surface area contributed by atoms with E-state index in [1.54, 1.807) is 17.5 Å². The van der Waals surface area contributed by atoms with Gasteiger partial charge in [-0.3, -0.25) is 4.68 Å². The van der Waals surface area contributed by atoms with Crippen molar-refractivity contribution in [3.05, 3.63) is 54.4 Å². The quantitative estimate of drug-likeness (QED) is 0.760. The molecule has 1 aliphatic heterocycles. The van der Waals surface area contributed by atoms with E-state index in [1.165, 1.54) is 4.31 Å². The van der Waals surface area contributed by atoms with Crippen LogP contribution in [0.4, 0.5) is 0 Å². The molecule has 2 aromatic rings. The van der Waals surface area contributed by atoms with Gasteiger partial charge in [0.25, 0.3) is 10.2 Å². The summed E-state index contributed by atoms with van der Waals surface area (Å²) in [5, 5.41) is 4.22. The highest BCUT2D eigenvalue weighted by Crippen LogP contribution is 2.25. The van der Waals surface area contributed by atoms with Crippen LogP contribution >= 0.6 is 0 Å². The van der Waals surface area contributed by atoms with Gasteiger partial charge in [-0.2, -0.15) is 22.1 Å². The summed E-state index contributed by atoms with van der Waals surface area (Å²) in [7, 11) is -1.80. The molecule has 1 unspecified atom stereocenters. The van der Waals surface area contributed by atoms with Gasteiger partial charge < -0.3 is 0 Å². The molecule has 2 heterocycles. The van der Waals surface area contributed by atoms with E-state index >= 15 is 0 Å². The second-order valence-corrected chi connectivity index (χ2v) is 8.56. The van der Waals surface area contributed by atoms with E-state index in [4.69, 9.17) is 0 Å². The fourth-order valence-electron chi connectivity index (χ4n) is 3.38. The average Bonchev–Trinajstić information content (AvgIpc) is 3.14. The van der Waals surface area contributed by atoms with Crippen LogP contribution in [0.3, 0.4) is 0 Å². The van der Waals surface area contributed by atoms with Crippen LogP contribution in [-0.4, -0.2) is 46.4 Å². The van der Waals surface area contributed by atoms with E-state index in [0.717, 1.165) is 37.8 Å². The zero-order valence-corrected chi connectivity index (χ0v) is 15.5. The van der Waals surface area contributed by atoms with E-state index < -0.39 is 10.2 Å². The fraction of sp³-hybridized carbons (Fsp3) is 0.500. The maximum absolute atomic E-state index is 13.1. The van der Waals surface area contributed by atoms with Gasteiger partial charge in [-0.05, 0) is 30.9 Å². The summed E-state index contributed by atoms with van der Waals surface area (Å²) >= 11 is 0. The third kappa shape index (κ3) is 4.48. The first kappa shape index (κ1) is 18.1. The Morgan fingerprint density at radius 1 is 1.20 bits per heavy atom. The molecule has 0 spiro atoms. The molecule has 1 atom stereocenters. The van der Waals surface area contributed by atoms with Gasteiger partial charge >= 0.3 is 0 Å². The van der Waals surface area contributed by atoms with Gasteiger partial charge in [0.15, 0.2) is 0 Å². The minimum Gasteiger partial charge on any atom is -0.273 e. The van der Waals surface area contributed by atoms with Crippen LogP contribution in [0.2, 0.25) is 0 Å². The monoisotopic (exact) mass is 362 g/mol. The Morgan fingerprint density at radius 3 is 2.72 bits per heavy atom. The zero-order valence-electron chi connectivity index (χ0n) is 14.7. The lowest BCUT2D eigenvalue weighted by molar-refractivity contribution is 0.217. The first-order valence-electron chi connectivity index (χ1n) is 8.82. The summed E-state index contributed by atoms with van der Waals surface area (Å²) in [5.41, 5.74) is 0.999. The third-order valence-corrected chi connectivity index (χ3v) is 6.75. The number of benzene rings is 1. The Balaban J connectivity index is 1.68. The molecule has 1 aromatic carbocycles. The molecular formula is C18H26N4O2S. The summed E-state index contributed by atoms with van der Waals surface area (Å²) in [4.78, 5) is 0. The Hall–Kier alpha value is -1.70. The number of nitrogens with zero attached hydrogens (tertiary/aromatic N) is 4. The largest absolute Gasteiger partial charge is 0.282 e.